The van der Waals surface area contributed by atoms with Gasteiger partial charge in [-0.15, -0.1) is 0 Å². The van der Waals surface area contributed by atoms with E-state index in [0.717, 1.165) is 50.3 Å². The van der Waals surface area contributed by atoms with Crippen molar-refractivity contribution in [2.45, 2.75) is 69.0 Å². The lowest BCUT2D eigenvalue weighted by Crippen LogP contribution is -2.44. The Morgan fingerprint density at radius 1 is 0.974 bits per heavy atom. The molecule has 1 N–H and O–H groups in total. The van der Waals surface area contributed by atoms with Gasteiger partial charge in [-0.05, 0) is 56.6 Å². The van der Waals surface area contributed by atoms with E-state index in [1.165, 1.54) is 12.1 Å². The number of hydrogen-bond acceptors (Lipinski definition) is 4. The molecule has 3 heterocycles. The highest BCUT2D eigenvalue weighted by molar-refractivity contribution is 5.95. The molecule has 0 radical (unpaired) electrons. The Morgan fingerprint density at radius 3 is 2.29 bits per heavy atom. The molecule has 2 amide bonds. The number of piperidine rings is 1. The first kappa shape index (κ1) is 25.4. The summed E-state index contributed by atoms with van der Waals surface area (Å²) in [5, 5.41) is 14.3. The average Bonchev–Trinajstić information content (AvgIpc) is 3.83. The molecule has 1 aromatic heterocycles. The van der Waals surface area contributed by atoms with Crippen molar-refractivity contribution >= 4 is 11.8 Å². The van der Waals surface area contributed by atoms with Crippen molar-refractivity contribution in [1.29, 1.82) is 0 Å². The van der Waals surface area contributed by atoms with Gasteiger partial charge in [0.05, 0.1) is 41.1 Å². The predicted octanol–water partition coefficient (Wildman–Crippen LogP) is 4.35. The summed E-state index contributed by atoms with van der Waals surface area (Å²) in [6.45, 7) is 1.78. The van der Waals surface area contributed by atoms with Crippen LogP contribution in [0.1, 0.15) is 90.0 Å². The molecule has 2 aliphatic carbocycles. The van der Waals surface area contributed by atoms with E-state index in [2.05, 4.69) is 5.10 Å². The number of aromatic nitrogens is 2. The topological polar surface area (TPSA) is 78.7 Å². The number of carbonyl (C=O) groups excluding carboxylic acids is 2. The van der Waals surface area contributed by atoms with Crippen LogP contribution in [0.4, 0.5) is 13.2 Å². The normalized spacial score (nSPS) is 23.6. The zero-order valence-electron chi connectivity index (χ0n) is 21.3. The number of likely N-dealkylation sites (tertiary alicyclic amines) is 2. The lowest BCUT2D eigenvalue weighted by atomic mass is 9.93. The molecule has 2 saturated carbocycles. The van der Waals surface area contributed by atoms with Crippen molar-refractivity contribution in [3.05, 3.63) is 52.8 Å². The van der Waals surface area contributed by atoms with Crippen LogP contribution in [-0.4, -0.2) is 69.3 Å². The predicted molar refractivity (Wildman–Crippen MR) is 133 cm³/mol. The number of aliphatic hydroxyl groups is 1. The van der Waals surface area contributed by atoms with E-state index in [-0.39, 0.29) is 48.4 Å². The molecule has 0 bridgehead atoms. The van der Waals surface area contributed by atoms with E-state index in [9.17, 15) is 27.9 Å². The van der Waals surface area contributed by atoms with Crippen LogP contribution >= 0.6 is 0 Å². The van der Waals surface area contributed by atoms with Crippen molar-refractivity contribution in [2.75, 3.05) is 32.8 Å². The van der Waals surface area contributed by atoms with Gasteiger partial charge in [0.15, 0.2) is 0 Å². The van der Waals surface area contributed by atoms with Crippen molar-refractivity contribution in [3.8, 4) is 0 Å². The van der Waals surface area contributed by atoms with Gasteiger partial charge in [-0.1, -0.05) is 18.2 Å². The third-order valence-corrected chi connectivity index (χ3v) is 8.92. The van der Waals surface area contributed by atoms with E-state index in [0.29, 0.717) is 31.6 Å². The SMILES string of the molecule is O=C(c1cnn(C2CCN(C(=O)C3(CO)CC3)CC2)c1C1CC1)N1CC[C@@H](c2ccccc2C(F)(F)F)C1. The van der Waals surface area contributed by atoms with Crippen molar-refractivity contribution in [3.63, 3.8) is 0 Å². The minimum atomic E-state index is -4.42. The van der Waals surface area contributed by atoms with Crippen LogP contribution in [0.3, 0.4) is 0 Å². The second kappa shape index (κ2) is 9.39. The number of rotatable bonds is 6. The maximum atomic E-state index is 13.6. The lowest BCUT2D eigenvalue weighted by Gasteiger charge is -2.34. The molecule has 1 atom stereocenters. The summed E-state index contributed by atoms with van der Waals surface area (Å²) in [6, 6.07) is 5.75. The second-order valence-electron chi connectivity index (χ2n) is 11.4. The molecular formula is C28H33F3N4O3. The van der Waals surface area contributed by atoms with Crippen molar-refractivity contribution in [1.82, 2.24) is 19.6 Å². The first-order valence-electron chi connectivity index (χ1n) is 13.6. The van der Waals surface area contributed by atoms with Gasteiger partial charge < -0.3 is 14.9 Å². The third-order valence-electron chi connectivity index (χ3n) is 8.92. The molecule has 7 nitrogen and oxygen atoms in total. The number of nitrogens with zero attached hydrogens (tertiary/aromatic N) is 4. The monoisotopic (exact) mass is 530 g/mol. The Labute approximate surface area is 219 Å². The molecule has 0 spiro atoms. The van der Waals surface area contributed by atoms with Crippen molar-refractivity contribution in [2.24, 2.45) is 5.41 Å². The Kier molecular flexibility index (Phi) is 6.28. The Hall–Kier alpha value is -2.88. The summed E-state index contributed by atoms with van der Waals surface area (Å²) < 4.78 is 42.7. The average molecular weight is 531 g/mol. The molecule has 0 unspecified atom stereocenters. The lowest BCUT2D eigenvalue weighted by molar-refractivity contribution is -0.140. The molecular weight excluding hydrogens is 497 g/mol. The standard InChI is InChI=1S/C28H33F3N4O3/c29-28(30,31)23-4-2-1-3-21(23)19-7-12-34(16-19)25(37)22-15-32-35(24(22)18-5-6-18)20-8-13-33(14-9-20)26(38)27(17-36)10-11-27/h1-4,15,18-20,36H,5-14,16-17H2/t19-/m1/s1. The molecule has 10 heteroatoms. The molecule has 4 aliphatic rings. The minimum Gasteiger partial charge on any atom is -0.395 e. The van der Waals surface area contributed by atoms with Crippen LogP contribution in [0.5, 0.6) is 0 Å². The maximum Gasteiger partial charge on any atom is 0.416 e. The molecule has 2 aromatic rings. The van der Waals surface area contributed by atoms with E-state index >= 15 is 0 Å². The first-order valence-corrected chi connectivity index (χ1v) is 13.6. The highest BCUT2D eigenvalue weighted by atomic mass is 19.4. The van der Waals surface area contributed by atoms with Gasteiger partial charge in [0.1, 0.15) is 0 Å². The molecule has 2 aliphatic heterocycles. The van der Waals surface area contributed by atoms with Gasteiger partial charge in [0, 0.05) is 38.0 Å². The van der Waals surface area contributed by atoms with Gasteiger partial charge in [-0.3, -0.25) is 14.3 Å². The molecule has 38 heavy (non-hydrogen) atoms. The summed E-state index contributed by atoms with van der Waals surface area (Å²) in [6.07, 6.45) is 2.66. The minimum absolute atomic E-state index is 0.0490. The summed E-state index contributed by atoms with van der Waals surface area (Å²) in [7, 11) is 0. The Balaban J connectivity index is 1.16. The second-order valence-corrected chi connectivity index (χ2v) is 11.4. The number of hydrogen-bond donors (Lipinski definition) is 1. The fraction of sp³-hybridized carbons (Fsp3) is 0.607. The van der Waals surface area contributed by atoms with Crippen LogP contribution in [0.25, 0.3) is 0 Å². The summed E-state index contributed by atoms with van der Waals surface area (Å²) in [4.78, 5) is 30.0. The summed E-state index contributed by atoms with van der Waals surface area (Å²) >= 11 is 0. The van der Waals surface area contributed by atoms with E-state index < -0.39 is 17.2 Å². The number of carbonyl (C=O) groups is 2. The summed E-state index contributed by atoms with van der Waals surface area (Å²) in [5.41, 5.74) is 0.568. The number of amides is 2. The highest BCUT2D eigenvalue weighted by Gasteiger charge is 2.51. The van der Waals surface area contributed by atoms with Crippen LogP contribution < -0.4 is 0 Å². The maximum absolute atomic E-state index is 13.6. The van der Waals surface area contributed by atoms with E-state index in [1.54, 1.807) is 17.2 Å². The van der Waals surface area contributed by atoms with Crippen LogP contribution in [-0.2, 0) is 11.0 Å². The highest BCUT2D eigenvalue weighted by Crippen LogP contribution is 2.48. The van der Waals surface area contributed by atoms with Gasteiger partial charge in [-0.2, -0.15) is 18.3 Å². The quantitative estimate of drug-likeness (QED) is 0.603. The van der Waals surface area contributed by atoms with Crippen molar-refractivity contribution < 1.29 is 27.9 Å². The van der Waals surface area contributed by atoms with E-state index in [1.807, 2.05) is 9.58 Å². The first-order chi connectivity index (χ1) is 18.2. The molecule has 204 valence electrons. The number of halogens is 3. The smallest absolute Gasteiger partial charge is 0.395 e. The number of aliphatic hydroxyl groups excluding tert-OH is 1. The zero-order valence-corrected chi connectivity index (χ0v) is 21.3. The molecule has 6 rings (SSSR count). The number of benzene rings is 1. The van der Waals surface area contributed by atoms with Crippen LogP contribution in [0, 0.1) is 5.41 Å². The van der Waals surface area contributed by atoms with Gasteiger partial charge in [-0.25, -0.2) is 0 Å². The Bertz CT molecular complexity index is 1230. The summed E-state index contributed by atoms with van der Waals surface area (Å²) in [5.74, 6) is -0.194. The van der Waals surface area contributed by atoms with E-state index in [4.69, 9.17) is 0 Å². The fourth-order valence-corrected chi connectivity index (χ4v) is 6.31. The third kappa shape index (κ3) is 4.50. The van der Waals surface area contributed by atoms with Gasteiger partial charge in [0.25, 0.3) is 5.91 Å². The molecule has 2 saturated heterocycles. The largest absolute Gasteiger partial charge is 0.416 e. The van der Waals surface area contributed by atoms with Gasteiger partial charge in [0.2, 0.25) is 5.91 Å². The fourth-order valence-electron chi connectivity index (χ4n) is 6.31. The van der Waals surface area contributed by atoms with Crippen LogP contribution in [0.2, 0.25) is 0 Å². The zero-order chi connectivity index (χ0) is 26.7. The van der Waals surface area contributed by atoms with Gasteiger partial charge >= 0.3 is 6.18 Å². The molecule has 1 aromatic carbocycles. The number of alkyl halides is 3. The van der Waals surface area contributed by atoms with Crippen LogP contribution in [0.15, 0.2) is 30.5 Å². The Morgan fingerprint density at radius 2 is 1.66 bits per heavy atom. The molecule has 4 fully saturated rings.